The van der Waals surface area contributed by atoms with E-state index in [-0.39, 0.29) is 11.9 Å². The first kappa shape index (κ1) is 12.1. The summed E-state index contributed by atoms with van der Waals surface area (Å²) in [7, 11) is 0. The van der Waals surface area contributed by atoms with Crippen LogP contribution in [0.15, 0.2) is 27.8 Å². The Hall–Kier alpha value is -0.940. The second-order valence-corrected chi connectivity index (χ2v) is 4.28. The summed E-state index contributed by atoms with van der Waals surface area (Å²) in [4.78, 5) is 0. The van der Waals surface area contributed by atoms with E-state index in [1.807, 2.05) is 12.1 Å². The molecule has 0 aromatic heterocycles. The summed E-state index contributed by atoms with van der Waals surface area (Å²) in [6.07, 6.45) is 0. The maximum Gasteiger partial charge on any atom is 0.161 e. The molecule has 0 bridgehead atoms. The van der Waals surface area contributed by atoms with Crippen molar-refractivity contribution in [2.75, 3.05) is 5.32 Å². The van der Waals surface area contributed by atoms with E-state index in [4.69, 9.17) is 22.5 Å². The molecule has 1 rings (SSSR count). The molecule has 0 aliphatic rings. The Kier molecular flexibility index (Phi) is 4.23. The minimum atomic E-state index is -0.247. The van der Waals surface area contributed by atoms with Crippen molar-refractivity contribution in [3.63, 3.8) is 0 Å². The quantitative estimate of drug-likeness (QED) is 0.347. The lowest BCUT2D eigenvalue weighted by Gasteiger charge is -2.13. The molecule has 1 unspecified atom stereocenters. The van der Waals surface area contributed by atoms with Gasteiger partial charge in [0.1, 0.15) is 0 Å². The van der Waals surface area contributed by atoms with Crippen molar-refractivity contribution in [1.82, 2.24) is 0 Å². The molecule has 0 saturated heterocycles. The summed E-state index contributed by atoms with van der Waals surface area (Å²) in [6.45, 7) is 1.79. The van der Waals surface area contributed by atoms with Crippen molar-refractivity contribution in [3.8, 4) is 0 Å². The van der Waals surface area contributed by atoms with Crippen LogP contribution in [0.4, 0.5) is 5.69 Å². The number of hydrogen-bond acceptors (Lipinski definition) is 3. The van der Waals surface area contributed by atoms with Gasteiger partial charge in [0.25, 0.3) is 0 Å². The smallest absolute Gasteiger partial charge is 0.161 e. The van der Waals surface area contributed by atoms with Crippen molar-refractivity contribution in [3.05, 3.63) is 27.7 Å². The van der Waals surface area contributed by atoms with E-state index in [0.717, 1.165) is 10.2 Å². The summed E-state index contributed by atoms with van der Waals surface area (Å²) in [6, 6.07) is 5.15. The van der Waals surface area contributed by atoms with Crippen LogP contribution in [0.1, 0.15) is 6.92 Å². The summed E-state index contributed by atoms with van der Waals surface area (Å²) in [5, 5.41) is 15.1. The first-order valence-corrected chi connectivity index (χ1v) is 5.40. The van der Waals surface area contributed by atoms with Crippen LogP contribution in [-0.2, 0) is 0 Å². The van der Waals surface area contributed by atoms with Crippen molar-refractivity contribution in [2.24, 2.45) is 10.9 Å². The summed E-state index contributed by atoms with van der Waals surface area (Å²) >= 11 is 9.15. The zero-order valence-corrected chi connectivity index (χ0v) is 10.4. The molecule has 0 amide bonds. The fourth-order valence-corrected chi connectivity index (χ4v) is 1.49. The molecule has 6 heteroatoms. The number of nitrogens with two attached hydrogens (primary N) is 1. The number of rotatable bonds is 3. The number of amidine groups is 1. The van der Waals surface area contributed by atoms with Gasteiger partial charge in [-0.3, -0.25) is 0 Å². The number of oxime groups is 1. The first-order valence-electron chi connectivity index (χ1n) is 4.23. The van der Waals surface area contributed by atoms with Gasteiger partial charge in [-0.25, -0.2) is 0 Å². The summed E-state index contributed by atoms with van der Waals surface area (Å²) in [5.74, 6) is 0.126. The van der Waals surface area contributed by atoms with Crippen molar-refractivity contribution in [2.45, 2.75) is 13.0 Å². The molecule has 0 aliphatic carbocycles. The largest absolute Gasteiger partial charge is 0.409 e. The lowest BCUT2D eigenvalue weighted by molar-refractivity contribution is 0.316. The molecule has 0 radical (unpaired) electrons. The molecule has 1 aromatic carbocycles. The molecule has 4 nitrogen and oxygen atoms in total. The topological polar surface area (TPSA) is 70.6 Å². The Morgan fingerprint density at radius 1 is 1.67 bits per heavy atom. The maximum absolute atomic E-state index is 8.47. The Bertz CT molecular complexity index is 384. The van der Waals surface area contributed by atoms with Gasteiger partial charge in [-0.1, -0.05) is 16.8 Å². The summed E-state index contributed by atoms with van der Waals surface area (Å²) in [5.41, 5.74) is 6.27. The van der Waals surface area contributed by atoms with Crippen molar-refractivity contribution in [1.29, 1.82) is 0 Å². The highest BCUT2D eigenvalue weighted by Gasteiger charge is 2.07. The van der Waals surface area contributed by atoms with E-state index in [0.29, 0.717) is 5.02 Å². The number of anilines is 1. The van der Waals surface area contributed by atoms with Gasteiger partial charge in [0, 0.05) is 10.2 Å². The molecule has 0 heterocycles. The number of hydrogen-bond donors (Lipinski definition) is 3. The van der Waals surface area contributed by atoms with E-state index in [1.54, 1.807) is 13.0 Å². The molecule has 0 fully saturated rings. The Morgan fingerprint density at radius 3 is 2.87 bits per heavy atom. The van der Waals surface area contributed by atoms with Gasteiger partial charge in [-0.15, -0.1) is 0 Å². The molecule has 0 spiro atoms. The molecular formula is C9H11BrClN3O. The third kappa shape index (κ3) is 3.28. The molecule has 1 aromatic rings. The molecule has 0 saturated carbocycles. The highest BCUT2D eigenvalue weighted by molar-refractivity contribution is 9.10. The minimum absolute atomic E-state index is 0.126. The molecule has 0 aliphatic heterocycles. The van der Waals surface area contributed by atoms with E-state index >= 15 is 0 Å². The number of nitrogens with one attached hydrogen (secondary N) is 1. The van der Waals surface area contributed by atoms with Crippen molar-refractivity contribution >= 4 is 39.1 Å². The first-order chi connectivity index (χ1) is 7.04. The van der Waals surface area contributed by atoms with Gasteiger partial charge in [0.15, 0.2) is 5.84 Å². The number of halogens is 2. The summed E-state index contributed by atoms with van der Waals surface area (Å²) < 4.78 is 0.792. The molecule has 82 valence electrons. The third-order valence-electron chi connectivity index (χ3n) is 1.86. The lowest BCUT2D eigenvalue weighted by Crippen LogP contribution is -2.32. The zero-order chi connectivity index (χ0) is 11.4. The van der Waals surface area contributed by atoms with E-state index in [1.165, 1.54) is 0 Å². The van der Waals surface area contributed by atoms with Crippen LogP contribution in [0.25, 0.3) is 0 Å². The van der Waals surface area contributed by atoms with Gasteiger partial charge in [-0.2, -0.15) is 0 Å². The maximum atomic E-state index is 8.47. The zero-order valence-electron chi connectivity index (χ0n) is 8.04. The van der Waals surface area contributed by atoms with Gasteiger partial charge in [-0.05, 0) is 41.1 Å². The highest BCUT2D eigenvalue weighted by Crippen LogP contribution is 2.25. The second kappa shape index (κ2) is 5.23. The SMILES string of the molecule is CC(Nc1ccc(Cl)c(Br)c1)C(N)=NO. The minimum Gasteiger partial charge on any atom is -0.409 e. The predicted molar refractivity (Wildman–Crippen MR) is 65.6 cm³/mol. The van der Waals surface area contributed by atoms with Crippen LogP contribution in [-0.4, -0.2) is 17.1 Å². The van der Waals surface area contributed by atoms with E-state index in [9.17, 15) is 0 Å². The van der Waals surface area contributed by atoms with Crippen LogP contribution in [0, 0.1) is 0 Å². The Morgan fingerprint density at radius 2 is 2.33 bits per heavy atom. The standard InChI is InChI=1S/C9H11BrClN3O/c1-5(9(12)14-15)13-6-2-3-8(11)7(10)4-6/h2-5,13,15H,1H3,(H2,12,14). The average molecular weight is 293 g/mol. The third-order valence-corrected chi connectivity index (χ3v) is 3.08. The number of benzene rings is 1. The monoisotopic (exact) mass is 291 g/mol. The predicted octanol–water partition coefficient (Wildman–Crippen LogP) is 2.65. The van der Waals surface area contributed by atoms with Gasteiger partial charge in [0.05, 0.1) is 11.1 Å². The fourth-order valence-electron chi connectivity index (χ4n) is 0.996. The molecule has 1 atom stereocenters. The van der Waals surface area contributed by atoms with E-state index < -0.39 is 0 Å². The van der Waals surface area contributed by atoms with Crippen molar-refractivity contribution < 1.29 is 5.21 Å². The average Bonchev–Trinajstić information content (AvgIpc) is 2.22. The van der Waals surface area contributed by atoms with Crippen LogP contribution in [0.3, 0.4) is 0 Å². The fraction of sp³-hybridized carbons (Fsp3) is 0.222. The molecule has 4 N–H and O–H groups in total. The van der Waals surface area contributed by atoms with Crippen LogP contribution < -0.4 is 11.1 Å². The second-order valence-electron chi connectivity index (χ2n) is 3.02. The lowest BCUT2D eigenvalue weighted by atomic mass is 10.2. The normalized spacial score (nSPS) is 13.7. The molecular weight excluding hydrogens is 281 g/mol. The van der Waals surface area contributed by atoms with Crippen LogP contribution in [0.2, 0.25) is 5.02 Å². The molecule has 15 heavy (non-hydrogen) atoms. The number of nitrogens with zero attached hydrogens (tertiary/aromatic N) is 1. The Balaban J connectivity index is 2.77. The van der Waals surface area contributed by atoms with Crippen LogP contribution >= 0.6 is 27.5 Å². The van der Waals surface area contributed by atoms with Gasteiger partial charge in [0.2, 0.25) is 0 Å². The van der Waals surface area contributed by atoms with Crippen LogP contribution in [0.5, 0.6) is 0 Å². The highest BCUT2D eigenvalue weighted by atomic mass is 79.9. The Labute approximate surface area is 101 Å². The van der Waals surface area contributed by atoms with Gasteiger partial charge >= 0.3 is 0 Å². The van der Waals surface area contributed by atoms with E-state index in [2.05, 4.69) is 26.4 Å². The van der Waals surface area contributed by atoms with Gasteiger partial charge < -0.3 is 16.3 Å².